The molecule has 0 spiro atoms. The monoisotopic (exact) mass is 384 g/mol. The molecule has 0 aliphatic rings. The lowest BCUT2D eigenvalue weighted by molar-refractivity contribution is -0.115. The lowest BCUT2D eigenvalue weighted by atomic mass is 10.3. The number of nitrogens with zero attached hydrogens (tertiary/aromatic N) is 1. The Bertz CT molecular complexity index is 1030. The predicted octanol–water partition coefficient (Wildman–Crippen LogP) is 2.37. The number of amides is 1. The molecule has 1 aromatic heterocycles. The number of aromatic nitrogens is 3. The molecule has 9 heteroatoms. The topological polar surface area (TPSA) is 117 Å². The van der Waals surface area contributed by atoms with Crippen LogP contribution in [-0.2, 0) is 4.79 Å². The lowest BCUT2D eigenvalue weighted by Gasteiger charge is -2.11. The highest BCUT2D eigenvalue weighted by Crippen LogP contribution is 2.23. The number of H-pyrrole nitrogens is 2. The van der Waals surface area contributed by atoms with Crippen molar-refractivity contribution >= 4 is 23.4 Å². The van der Waals surface area contributed by atoms with Crippen LogP contribution in [0, 0.1) is 0 Å². The number of hydrogen-bond acceptors (Lipinski definition) is 6. The minimum Gasteiger partial charge on any atom is -0.457 e. The Labute approximate surface area is 158 Å². The number of benzene rings is 2. The van der Waals surface area contributed by atoms with E-state index in [4.69, 9.17) is 4.74 Å². The molecule has 138 valence electrons. The van der Waals surface area contributed by atoms with E-state index in [2.05, 4.69) is 20.5 Å². The number of aromatic amines is 2. The van der Waals surface area contributed by atoms with Crippen LogP contribution in [0.5, 0.6) is 11.5 Å². The van der Waals surface area contributed by atoms with Crippen LogP contribution >= 0.6 is 11.8 Å². The van der Waals surface area contributed by atoms with Crippen LogP contribution in [0.15, 0.2) is 69.2 Å². The first-order chi connectivity index (χ1) is 13.0. The average molecular weight is 384 g/mol. The highest BCUT2D eigenvalue weighted by molar-refractivity contribution is 8.00. The van der Waals surface area contributed by atoms with Crippen LogP contribution in [-0.4, -0.2) is 26.3 Å². The fraction of sp³-hybridized carbons (Fsp3) is 0.111. The number of hydrogen-bond donors (Lipinski definition) is 3. The highest BCUT2D eigenvalue weighted by atomic mass is 32.2. The van der Waals surface area contributed by atoms with Gasteiger partial charge in [0.2, 0.25) is 5.91 Å². The SMILES string of the molecule is CC(Sc1n[nH]c(=O)[nH]c1=O)C(=O)Nc1ccc(Oc2ccccc2)cc1. The Kier molecular flexibility index (Phi) is 5.72. The summed E-state index contributed by atoms with van der Waals surface area (Å²) in [5, 5.41) is 7.96. The number of carbonyl (C=O) groups is 1. The number of ether oxygens (including phenoxy) is 1. The normalized spacial score (nSPS) is 11.6. The molecule has 2 aromatic carbocycles. The van der Waals surface area contributed by atoms with Crippen molar-refractivity contribution < 1.29 is 9.53 Å². The van der Waals surface area contributed by atoms with Crippen molar-refractivity contribution in [3.8, 4) is 11.5 Å². The molecule has 0 bridgehead atoms. The summed E-state index contributed by atoms with van der Waals surface area (Å²) in [5.41, 5.74) is -0.735. The molecule has 0 fully saturated rings. The van der Waals surface area contributed by atoms with Gasteiger partial charge in [-0.25, -0.2) is 9.89 Å². The van der Waals surface area contributed by atoms with Crippen molar-refractivity contribution in [3.63, 3.8) is 0 Å². The largest absolute Gasteiger partial charge is 0.457 e. The van der Waals surface area contributed by atoms with Crippen LogP contribution < -0.4 is 21.3 Å². The van der Waals surface area contributed by atoms with E-state index in [1.165, 1.54) is 0 Å². The first-order valence-electron chi connectivity index (χ1n) is 8.01. The molecule has 3 aromatic rings. The summed E-state index contributed by atoms with van der Waals surface area (Å²) in [7, 11) is 0. The van der Waals surface area contributed by atoms with E-state index in [-0.39, 0.29) is 10.9 Å². The van der Waals surface area contributed by atoms with Gasteiger partial charge in [0.05, 0.1) is 5.25 Å². The molecule has 0 aliphatic heterocycles. The summed E-state index contributed by atoms with van der Waals surface area (Å²) in [6.45, 7) is 1.64. The van der Waals surface area contributed by atoms with E-state index in [0.29, 0.717) is 11.4 Å². The predicted molar refractivity (Wildman–Crippen MR) is 102 cm³/mol. The minimum atomic E-state index is -0.695. The van der Waals surface area contributed by atoms with Gasteiger partial charge in [-0.15, -0.1) is 0 Å². The van der Waals surface area contributed by atoms with Gasteiger partial charge < -0.3 is 10.1 Å². The second kappa shape index (κ2) is 8.37. The van der Waals surface area contributed by atoms with Crippen molar-refractivity contribution in [1.82, 2.24) is 15.2 Å². The fourth-order valence-electron chi connectivity index (χ4n) is 2.11. The summed E-state index contributed by atoms with van der Waals surface area (Å²) in [6, 6.07) is 16.3. The van der Waals surface area contributed by atoms with Crippen molar-refractivity contribution in [3.05, 3.63) is 75.4 Å². The summed E-state index contributed by atoms with van der Waals surface area (Å²) >= 11 is 0.949. The Hall–Kier alpha value is -3.33. The van der Waals surface area contributed by atoms with E-state index in [0.717, 1.165) is 17.5 Å². The molecule has 0 radical (unpaired) electrons. The van der Waals surface area contributed by atoms with Crippen molar-refractivity contribution in [1.29, 1.82) is 0 Å². The van der Waals surface area contributed by atoms with Crippen LogP contribution in [0.1, 0.15) is 6.92 Å². The third kappa shape index (κ3) is 5.08. The van der Waals surface area contributed by atoms with Crippen LogP contribution in [0.25, 0.3) is 0 Å². The van der Waals surface area contributed by atoms with Gasteiger partial charge in [-0.1, -0.05) is 30.0 Å². The van der Waals surface area contributed by atoms with Gasteiger partial charge in [-0.05, 0) is 43.3 Å². The summed E-state index contributed by atoms with van der Waals surface area (Å²) in [4.78, 5) is 37.0. The van der Waals surface area contributed by atoms with E-state index in [1.54, 1.807) is 31.2 Å². The van der Waals surface area contributed by atoms with E-state index in [9.17, 15) is 14.4 Å². The number of rotatable bonds is 6. The maximum atomic E-state index is 12.3. The first kappa shape index (κ1) is 18.5. The second-order valence-electron chi connectivity index (χ2n) is 5.50. The van der Waals surface area contributed by atoms with Gasteiger partial charge in [0.1, 0.15) is 11.5 Å². The average Bonchev–Trinajstić information content (AvgIpc) is 2.66. The molecule has 3 N–H and O–H groups in total. The molecule has 1 heterocycles. The molecule has 3 rings (SSSR count). The van der Waals surface area contributed by atoms with Crippen LogP contribution in [0.4, 0.5) is 5.69 Å². The molecule has 0 aliphatic carbocycles. The van der Waals surface area contributed by atoms with Gasteiger partial charge in [-0.3, -0.25) is 14.6 Å². The zero-order chi connectivity index (χ0) is 19.2. The van der Waals surface area contributed by atoms with Crippen LogP contribution in [0.3, 0.4) is 0 Å². The molecule has 0 saturated heterocycles. The zero-order valence-electron chi connectivity index (χ0n) is 14.3. The Morgan fingerprint density at radius 1 is 1.07 bits per heavy atom. The van der Waals surface area contributed by atoms with E-state index in [1.807, 2.05) is 30.3 Å². The van der Waals surface area contributed by atoms with Gasteiger partial charge in [-0.2, -0.15) is 5.10 Å². The number of thioether (sulfide) groups is 1. The van der Waals surface area contributed by atoms with Crippen molar-refractivity contribution in [2.75, 3.05) is 5.32 Å². The van der Waals surface area contributed by atoms with Gasteiger partial charge in [0.25, 0.3) is 5.56 Å². The smallest absolute Gasteiger partial charge is 0.342 e. The van der Waals surface area contributed by atoms with Gasteiger partial charge >= 0.3 is 5.69 Å². The van der Waals surface area contributed by atoms with Crippen LogP contribution in [0.2, 0.25) is 0 Å². The lowest BCUT2D eigenvalue weighted by Crippen LogP contribution is -2.28. The highest BCUT2D eigenvalue weighted by Gasteiger charge is 2.17. The number of anilines is 1. The first-order valence-corrected chi connectivity index (χ1v) is 8.89. The Morgan fingerprint density at radius 3 is 2.41 bits per heavy atom. The number of nitrogens with one attached hydrogen (secondary N) is 3. The fourth-order valence-corrected chi connectivity index (χ4v) is 2.87. The molecular formula is C18H16N4O4S. The van der Waals surface area contributed by atoms with E-state index < -0.39 is 16.5 Å². The number of para-hydroxylation sites is 1. The van der Waals surface area contributed by atoms with Crippen molar-refractivity contribution in [2.24, 2.45) is 0 Å². The molecule has 0 saturated carbocycles. The Morgan fingerprint density at radius 2 is 1.74 bits per heavy atom. The maximum Gasteiger partial charge on any atom is 0.342 e. The summed E-state index contributed by atoms with van der Waals surface area (Å²) < 4.78 is 5.70. The zero-order valence-corrected chi connectivity index (χ0v) is 15.1. The standard InChI is InChI=1S/C18H16N4O4S/c1-11(27-17-16(24)20-18(25)22-21-17)15(23)19-12-7-9-14(10-8-12)26-13-5-3-2-4-6-13/h2-11H,1H3,(H,19,23)(H2,20,22,24,25). The van der Waals surface area contributed by atoms with E-state index >= 15 is 0 Å². The molecule has 8 nitrogen and oxygen atoms in total. The summed E-state index contributed by atoms with van der Waals surface area (Å²) in [5.74, 6) is 1.06. The molecule has 27 heavy (non-hydrogen) atoms. The third-order valence-corrected chi connectivity index (χ3v) is 4.51. The maximum absolute atomic E-state index is 12.3. The second-order valence-corrected chi connectivity index (χ2v) is 6.83. The number of carbonyl (C=O) groups excluding carboxylic acids is 1. The molecule has 1 amide bonds. The molecule has 1 atom stereocenters. The van der Waals surface area contributed by atoms with Gasteiger partial charge in [0, 0.05) is 5.69 Å². The Balaban J connectivity index is 1.60. The molecule has 1 unspecified atom stereocenters. The third-order valence-electron chi connectivity index (χ3n) is 3.44. The quantitative estimate of drug-likeness (QED) is 0.562. The molecular weight excluding hydrogens is 368 g/mol. The van der Waals surface area contributed by atoms with Gasteiger partial charge in [0.15, 0.2) is 5.03 Å². The summed E-state index contributed by atoms with van der Waals surface area (Å²) in [6.07, 6.45) is 0. The van der Waals surface area contributed by atoms with Crippen molar-refractivity contribution in [2.45, 2.75) is 17.2 Å². The minimum absolute atomic E-state index is 0.0175.